The first-order valence-electron chi connectivity index (χ1n) is 5.31. The number of amides is 1. The minimum atomic E-state index is -2.56. The van der Waals surface area contributed by atoms with Gasteiger partial charge in [-0.25, -0.2) is 8.78 Å². The lowest BCUT2D eigenvalue weighted by Crippen LogP contribution is -2.53. The Morgan fingerprint density at radius 2 is 2.06 bits per heavy atom. The number of hydrogen-bond donors (Lipinski definition) is 1. The molecule has 0 unspecified atom stereocenters. The molecule has 0 saturated carbocycles. The second-order valence-corrected chi connectivity index (χ2v) is 4.58. The average Bonchev–Trinajstić information content (AvgIpc) is 2.27. The highest BCUT2D eigenvalue weighted by Gasteiger charge is 2.44. The first kappa shape index (κ1) is 14.2. The number of nitrogens with two attached hydrogens (primary N) is 1. The fraction of sp³-hybridized carbons (Fsp3) is 0.800. The predicted octanol–water partition coefficient (Wildman–Crippen LogP) is 0.793. The van der Waals surface area contributed by atoms with Gasteiger partial charge < -0.3 is 15.4 Å². The van der Waals surface area contributed by atoms with Crippen molar-refractivity contribution in [3.63, 3.8) is 0 Å². The zero-order chi connectivity index (χ0) is 13.1. The summed E-state index contributed by atoms with van der Waals surface area (Å²) in [5.41, 5.74) is 4.60. The Labute approximate surface area is 104 Å². The van der Waals surface area contributed by atoms with E-state index in [9.17, 15) is 13.6 Å². The molecule has 0 aromatic rings. The molecule has 1 aliphatic rings. The molecule has 0 radical (unpaired) electrons. The van der Waals surface area contributed by atoms with Gasteiger partial charge in [-0.1, -0.05) is 12.2 Å². The van der Waals surface area contributed by atoms with E-state index in [0.717, 1.165) is 4.90 Å². The number of nitrogens with zero attached hydrogens (tertiary/aromatic N) is 1. The fourth-order valence-electron chi connectivity index (χ4n) is 1.94. The van der Waals surface area contributed by atoms with Crippen molar-refractivity contribution in [2.75, 3.05) is 26.8 Å². The lowest BCUT2D eigenvalue weighted by molar-refractivity contribution is -0.142. The molecule has 1 amide bonds. The molecule has 0 aliphatic carbocycles. The van der Waals surface area contributed by atoms with E-state index >= 15 is 0 Å². The van der Waals surface area contributed by atoms with E-state index in [0.29, 0.717) is 26.1 Å². The summed E-state index contributed by atoms with van der Waals surface area (Å²) in [6, 6.07) is 0. The van der Waals surface area contributed by atoms with Crippen molar-refractivity contribution in [3.05, 3.63) is 0 Å². The highest BCUT2D eigenvalue weighted by Crippen LogP contribution is 2.33. The van der Waals surface area contributed by atoms with Gasteiger partial charge in [-0.05, 0) is 12.8 Å². The monoisotopic (exact) mass is 266 g/mol. The zero-order valence-electron chi connectivity index (χ0n) is 9.62. The van der Waals surface area contributed by atoms with E-state index in [4.69, 9.17) is 22.7 Å². The summed E-state index contributed by atoms with van der Waals surface area (Å²) in [5, 5.41) is 0. The van der Waals surface area contributed by atoms with Gasteiger partial charge in [-0.3, -0.25) is 4.79 Å². The van der Waals surface area contributed by atoms with Crippen LogP contribution in [0.5, 0.6) is 0 Å². The van der Waals surface area contributed by atoms with E-state index in [-0.39, 0.29) is 4.99 Å². The van der Waals surface area contributed by atoms with Gasteiger partial charge in [-0.2, -0.15) is 0 Å². The van der Waals surface area contributed by atoms with Crippen molar-refractivity contribution in [3.8, 4) is 0 Å². The molecule has 1 fully saturated rings. The van der Waals surface area contributed by atoms with Crippen molar-refractivity contribution < 1.29 is 18.3 Å². The number of hydrogen-bond acceptors (Lipinski definition) is 3. The lowest BCUT2D eigenvalue weighted by atomic mass is 9.78. The molecule has 98 valence electrons. The topological polar surface area (TPSA) is 55.6 Å². The molecule has 2 N–H and O–H groups in total. The van der Waals surface area contributed by atoms with Gasteiger partial charge in [0.2, 0.25) is 5.91 Å². The smallest absolute Gasteiger partial charge is 0.255 e. The Morgan fingerprint density at radius 1 is 1.53 bits per heavy atom. The molecule has 17 heavy (non-hydrogen) atoms. The molecular formula is C10H16F2N2O2S. The number of thiocarbonyl (C=S) groups is 1. The summed E-state index contributed by atoms with van der Waals surface area (Å²) in [4.78, 5) is 13.2. The molecule has 0 bridgehead atoms. The third-order valence-corrected chi connectivity index (χ3v) is 3.38. The molecule has 1 saturated heterocycles. The van der Waals surface area contributed by atoms with Crippen LogP contribution in [-0.2, 0) is 9.53 Å². The van der Waals surface area contributed by atoms with Crippen LogP contribution in [0.3, 0.4) is 0 Å². The molecule has 4 nitrogen and oxygen atoms in total. The van der Waals surface area contributed by atoms with Gasteiger partial charge in [-0.15, -0.1) is 0 Å². The summed E-state index contributed by atoms with van der Waals surface area (Å²) >= 11 is 4.92. The fourth-order valence-corrected chi connectivity index (χ4v) is 2.23. The van der Waals surface area contributed by atoms with Gasteiger partial charge in [0, 0.05) is 20.3 Å². The van der Waals surface area contributed by atoms with Crippen LogP contribution >= 0.6 is 12.2 Å². The van der Waals surface area contributed by atoms with E-state index < -0.39 is 24.3 Å². The van der Waals surface area contributed by atoms with E-state index in [2.05, 4.69) is 0 Å². The summed E-state index contributed by atoms with van der Waals surface area (Å²) in [6.45, 7) is 0.126. The Kier molecular flexibility index (Phi) is 4.76. The second-order valence-electron chi connectivity index (χ2n) is 4.14. The number of rotatable bonds is 4. The van der Waals surface area contributed by atoms with Crippen molar-refractivity contribution in [2.24, 2.45) is 11.1 Å². The Bertz CT molecular complexity index is 307. The Hall–Kier alpha value is -0.820. The summed E-state index contributed by atoms with van der Waals surface area (Å²) < 4.78 is 29.7. The number of alkyl halides is 2. The summed E-state index contributed by atoms with van der Waals surface area (Å²) in [7, 11) is 1.34. The Balaban J connectivity index is 2.83. The van der Waals surface area contributed by atoms with Crippen LogP contribution in [0.1, 0.15) is 12.8 Å². The third kappa shape index (κ3) is 3.10. The number of ether oxygens (including phenoxy) is 1. The van der Waals surface area contributed by atoms with Crippen LogP contribution in [-0.4, -0.2) is 49.0 Å². The van der Waals surface area contributed by atoms with Gasteiger partial charge in [0.1, 0.15) is 5.41 Å². The molecule has 0 aromatic carbocycles. The van der Waals surface area contributed by atoms with Crippen molar-refractivity contribution in [1.82, 2.24) is 4.90 Å². The molecule has 0 spiro atoms. The molecule has 7 heteroatoms. The summed E-state index contributed by atoms with van der Waals surface area (Å²) in [5.74, 6) is -0.436. The molecule has 1 rings (SSSR count). The first-order chi connectivity index (χ1) is 7.90. The highest BCUT2D eigenvalue weighted by molar-refractivity contribution is 7.80. The average molecular weight is 266 g/mol. The van der Waals surface area contributed by atoms with Gasteiger partial charge >= 0.3 is 0 Å². The molecular weight excluding hydrogens is 250 g/mol. The molecule has 0 aromatic heterocycles. The largest absolute Gasteiger partial charge is 0.392 e. The van der Waals surface area contributed by atoms with Crippen LogP contribution in [0.4, 0.5) is 8.78 Å². The minimum Gasteiger partial charge on any atom is -0.392 e. The SMILES string of the molecule is CN(CC(F)F)C(=O)C1(C(N)=S)CCOCC1. The summed E-state index contributed by atoms with van der Waals surface area (Å²) in [6.07, 6.45) is -1.85. The van der Waals surface area contributed by atoms with Crippen LogP contribution in [0, 0.1) is 5.41 Å². The van der Waals surface area contributed by atoms with Crippen molar-refractivity contribution in [2.45, 2.75) is 19.3 Å². The highest BCUT2D eigenvalue weighted by atomic mass is 32.1. The normalized spacial score (nSPS) is 19.1. The number of carbonyl (C=O) groups excluding carboxylic acids is 1. The van der Waals surface area contributed by atoms with Gasteiger partial charge in [0.05, 0.1) is 11.5 Å². The van der Waals surface area contributed by atoms with Crippen LogP contribution in [0.25, 0.3) is 0 Å². The maximum absolute atomic E-state index is 12.3. The first-order valence-corrected chi connectivity index (χ1v) is 5.72. The van der Waals surface area contributed by atoms with Crippen LogP contribution in [0.15, 0.2) is 0 Å². The van der Waals surface area contributed by atoms with Gasteiger partial charge in [0.25, 0.3) is 6.43 Å². The zero-order valence-corrected chi connectivity index (χ0v) is 10.4. The van der Waals surface area contributed by atoms with Crippen molar-refractivity contribution in [1.29, 1.82) is 0 Å². The maximum atomic E-state index is 12.3. The second kappa shape index (κ2) is 5.68. The maximum Gasteiger partial charge on any atom is 0.255 e. The van der Waals surface area contributed by atoms with Crippen LogP contribution in [0.2, 0.25) is 0 Å². The van der Waals surface area contributed by atoms with Crippen LogP contribution < -0.4 is 5.73 Å². The quantitative estimate of drug-likeness (QED) is 0.764. The van der Waals surface area contributed by atoms with E-state index in [1.54, 1.807) is 0 Å². The number of carbonyl (C=O) groups is 1. The van der Waals surface area contributed by atoms with E-state index in [1.807, 2.05) is 0 Å². The molecule has 1 heterocycles. The lowest BCUT2D eigenvalue weighted by Gasteiger charge is -2.37. The Morgan fingerprint density at radius 3 is 2.47 bits per heavy atom. The third-order valence-electron chi connectivity index (χ3n) is 2.99. The molecule has 1 aliphatic heterocycles. The predicted molar refractivity (Wildman–Crippen MR) is 62.9 cm³/mol. The minimum absolute atomic E-state index is 0.0620. The van der Waals surface area contributed by atoms with E-state index in [1.165, 1.54) is 7.05 Å². The van der Waals surface area contributed by atoms with Crippen molar-refractivity contribution >= 4 is 23.1 Å². The standard InChI is InChI=1S/C10H16F2N2O2S/c1-14(6-7(11)12)9(15)10(8(13)17)2-4-16-5-3-10/h7H,2-6H2,1H3,(H2,13,17). The molecule has 0 atom stereocenters. The number of halogens is 2. The van der Waals surface area contributed by atoms with Gasteiger partial charge in [0.15, 0.2) is 0 Å².